The summed E-state index contributed by atoms with van der Waals surface area (Å²) in [6.07, 6.45) is 0.463. The van der Waals surface area contributed by atoms with E-state index in [0.29, 0.717) is 6.42 Å². The van der Waals surface area contributed by atoms with Crippen LogP contribution in [-0.4, -0.2) is 47.7 Å². The highest BCUT2D eigenvalue weighted by molar-refractivity contribution is 7.89. The van der Waals surface area contributed by atoms with Gasteiger partial charge in [-0.05, 0) is 36.2 Å². The number of hydrogen-bond acceptors (Lipinski definition) is 7. The van der Waals surface area contributed by atoms with Crippen LogP contribution in [0.15, 0.2) is 47.4 Å². The van der Waals surface area contributed by atoms with E-state index in [2.05, 4.69) is 5.32 Å². The number of methoxy groups -OCH3 is 2. The first-order chi connectivity index (χ1) is 13.8. The van der Waals surface area contributed by atoms with Crippen LogP contribution >= 0.6 is 0 Å². The summed E-state index contributed by atoms with van der Waals surface area (Å²) >= 11 is 0. The second-order valence-corrected chi connectivity index (χ2v) is 7.46. The lowest BCUT2D eigenvalue weighted by atomic mass is 10.1. The van der Waals surface area contributed by atoms with Crippen LogP contribution in [0.1, 0.15) is 15.9 Å². The summed E-state index contributed by atoms with van der Waals surface area (Å²) in [7, 11) is -0.917. The van der Waals surface area contributed by atoms with E-state index in [0.717, 1.165) is 5.56 Å². The predicted molar refractivity (Wildman–Crippen MR) is 104 cm³/mol. The Morgan fingerprint density at radius 1 is 1.00 bits per heavy atom. The van der Waals surface area contributed by atoms with Crippen LogP contribution in [-0.2, 0) is 26.0 Å². The van der Waals surface area contributed by atoms with Crippen molar-refractivity contribution in [3.63, 3.8) is 0 Å². The molecule has 1 amide bonds. The number of nitrogens with two attached hydrogens (primary N) is 1. The van der Waals surface area contributed by atoms with Crippen LogP contribution in [0.25, 0.3) is 0 Å². The third kappa shape index (κ3) is 6.19. The predicted octanol–water partition coefficient (Wildman–Crippen LogP) is 0.867. The average Bonchev–Trinajstić information content (AvgIpc) is 2.71. The molecule has 2 rings (SSSR count). The van der Waals surface area contributed by atoms with Gasteiger partial charge in [-0.15, -0.1) is 0 Å². The molecule has 0 aliphatic rings. The van der Waals surface area contributed by atoms with Crippen LogP contribution in [0.3, 0.4) is 0 Å². The van der Waals surface area contributed by atoms with Gasteiger partial charge in [0.05, 0.1) is 19.1 Å². The number of sulfonamides is 1. The summed E-state index contributed by atoms with van der Waals surface area (Å²) in [5.74, 6) is -0.670. The molecule has 156 valence electrons. The standard InChI is InChI=1S/C19H22N2O7S/c1-26-15-4-3-5-16(27-2)18(15)19(23)28-12-17(22)21-11-10-13-6-8-14(9-7-13)29(20,24)25/h3-9H,10-12H2,1-2H3,(H,21,22)(H2,20,24,25). The smallest absolute Gasteiger partial charge is 0.346 e. The second-order valence-electron chi connectivity index (χ2n) is 5.90. The Bertz CT molecular complexity index is 950. The molecule has 0 unspecified atom stereocenters. The van der Waals surface area contributed by atoms with Gasteiger partial charge >= 0.3 is 5.97 Å². The number of hydrogen-bond donors (Lipinski definition) is 2. The van der Waals surface area contributed by atoms with Crippen molar-refractivity contribution in [1.82, 2.24) is 5.32 Å². The van der Waals surface area contributed by atoms with Gasteiger partial charge in [0.25, 0.3) is 5.91 Å². The zero-order chi connectivity index (χ0) is 21.4. The van der Waals surface area contributed by atoms with Crippen molar-refractivity contribution in [1.29, 1.82) is 0 Å². The minimum absolute atomic E-state index is 0.0176. The maximum Gasteiger partial charge on any atom is 0.346 e. The molecular weight excluding hydrogens is 400 g/mol. The van der Waals surface area contributed by atoms with Crippen molar-refractivity contribution >= 4 is 21.9 Å². The molecule has 0 spiro atoms. The molecule has 0 fully saturated rings. The number of carbonyl (C=O) groups is 2. The van der Waals surface area contributed by atoms with Gasteiger partial charge in [0, 0.05) is 6.54 Å². The molecule has 0 aromatic heterocycles. The highest BCUT2D eigenvalue weighted by atomic mass is 32.2. The van der Waals surface area contributed by atoms with Crippen molar-refractivity contribution < 1.29 is 32.2 Å². The van der Waals surface area contributed by atoms with E-state index in [-0.39, 0.29) is 28.5 Å². The van der Waals surface area contributed by atoms with Crippen molar-refractivity contribution in [2.45, 2.75) is 11.3 Å². The van der Waals surface area contributed by atoms with Crippen molar-refractivity contribution in [3.05, 3.63) is 53.6 Å². The van der Waals surface area contributed by atoms with Crippen LogP contribution in [0, 0.1) is 0 Å². The van der Waals surface area contributed by atoms with E-state index in [1.54, 1.807) is 30.3 Å². The lowest BCUT2D eigenvalue weighted by Gasteiger charge is -2.12. The largest absolute Gasteiger partial charge is 0.496 e. The third-order valence-electron chi connectivity index (χ3n) is 3.95. The molecule has 0 aliphatic heterocycles. The topological polar surface area (TPSA) is 134 Å². The van der Waals surface area contributed by atoms with Gasteiger partial charge in [-0.1, -0.05) is 18.2 Å². The number of amides is 1. The maximum atomic E-state index is 12.3. The fourth-order valence-electron chi connectivity index (χ4n) is 2.50. The lowest BCUT2D eigenvalue weighted by Crippen LogP contribution is -2.30. The van der Waals surface area contributed by atoms with Crippen LogP contribution in [0.2, 0.25) is 0 Å². The monoisotopic (exact) mass is 422 g/mol. The first-order valence-electron chi connectivity index (χ1n) is 8.52. The molecule has 9 nitrogen and oxygen atoms in total. The van der Waals surface area contributed by atoms with Gasteiger partial charge < -0.3 is 19.5 Å². The number of carbonyl (C=O) groups excluding carboxylic acids is 2. The third-order valence-corrected chi connectivity index (χ3v) is 4.88. The SMILES string of the molecule is COc1cccc(OC)c1C(=O)OCC(=O)NCCc1ccc(S(N)(=O)=O)cc1. The highest BCUT2D eigenvalue weighted by Crippen LogP contribution is 2.28. The second kappa shape index (κ2) is 9.89. The molecule has 3 N–H and O–H groups in total. The first-order valence-corrected chi connectivity index (χ1v) is 10.1. The summed E-state index contributed by atoms with van der Waals surface area (Å²) < 4.78 is 37.7. The summed E-state index contributed by atoms with van der Waals surface area (Å²) in [6.45, 7) is -0.187. The number of benzene rings is 2. The molecule has 0 heterocycles. The number of ether oxygens (including phenoxy) is 3. The van der Waals surface area contributed by atoms with Crippen molar-refractivity contribution in [2.24, 2.45) is 5.14 Å². The van der Waals surface area contributed by atoms with Gasteiger partial charge in [-0.3, -0.25) is 4.79 Å². The van der Waals surface area contributed by atoms with Crippen LogP contribution in [0.5, 0.6) is 11.5 Å². The fraction of sp³-hybridized carbons (Fsp3) is 0.263. The Kier molecular flexibility index (Phi) is 7.57. The molecule has 10 heteroatoms. The molecule has 0 saturated carbocycles. The van der Waals surface area contributed by atoms with Gasteiger partial charge in [-0.2, -0.15) is 0 Å². The highest BCUT2D eigenvalue weighted by Gasteiger charge is 2.20. The van der Waals surface area contributed by atoms with Crippen molar-refractivity contribution in [2.75, 3.05) is 27.4 Å². The summed E-state index contributed by atoms with van der Waals surface area (Å²) in [4.78, 5) is 24.2. The zero-order valence-electron chi connectivity index (χ0n) is 16.0. The number of rotatable bonds is 9. The van der Waals surface area contributed by atoms with E-state index in [1.807, 2.05) is 0 Å². The van der Waals surface area contributed by atoms with Crippen molar-refractivity contribution in [3.8, 4) is 11.5 Å². The molecule has 0 aliphatic carbocycles. The Balaban J connectivity index is 1.84. The Labute approximate surface area is 168 Å². The molecule has 2 aromatic rings. The minimum Gasteiger partial charge on any atom is -0.496 e. The number of nitrogens with one attached hydrogen (secondary N) is 1. The molecule has 29 heavy (non-hydrogen) atoms. The molecule has 0 radical (unpaired) electrons. The van der Waals surface area contributed by atoms with Crippen LogP contribution < -0.4 is 19.9 Å². The zero-order valence-corrected chi connectivity index (χ0v) is 16.8. The summed E-state index contributed by atoms with van der Waals surface area (Å²) in [5.41, 5.74) is 0.911. The minimum atomic E-state index is -3.74. The Morgan fingerprint density at radius 3 is 2.10 bits per heavy atom. The summed E-state index contributed by atoms with van der Waals surface area (Å²) in [6, 6.07) is 10.8. The van der Waals surface area contributed by atoms with Gasteiger partial charge in [0.2, 0.25) is 10.0 Å². The van der Waals surface area contributed by atoms with E-state index in [1.165, 1.54) is 26.4 Å². The normalized spacial score (nSPS) is 10.9. The maximum absolute atomic E-state index is 12.3. The van der Waals surface area contributed by atoms with E-state index in [9.17, 15) is 18.0 Å². The van der Waals surface area contributed by atoms with Gasteiger partial charge in [-0.25, -0.2) is 18.4 Å². The van der Waals surface area contributed by atoms with E-state index in [4.69, 9.17) is 19.3 Å². The Hall–Kier alpha value is -3.11. The number of esters is 1. The summed E-state index contributed by atoms with van der Waals surface area (Å²) in [5, 5.41) is 7.66. The molecule has 0 saturated heterocycles. The molecule has 0 bridgehead atoms. The van der Waals surface area contributed by atoms with Gasteiger partial charge in [0.1, 0.15) is 17.1 Å². The molecule has 2 aromatic carbocycles. The molecule has 0 atom stereocenters. The Morgan fingerprint density at radius 2 is 1.59 bits per heavy atom. The number of primary sulfonamides is 1. The van der Waals surface area contributed by atoms with E-state index < -0.39 is 28.5 Å². The molecular formula is C19H22N2O7S. The van der Waals surface area contributed by atoms with E-state index >= 15 is 0 Å². The first kappa shape index (κ1) is 22.2. The quantitative estimate of drug-likeness (QED) is 0.573. The fourth-order valence-corrected chi connectivity index (χ4v) is 3.01. The average molecular weight is 422 g/mol. The lowest BCUT2D eigenvalue weighted by molar-refractivity contribution is -0.124. The van der Waals surface area contributed by atoms with Crippen LogP contribution in [0.4, 0.5) is 0 Å². The van der Waals surface area contributed by atoms with Gasteiger partial charge in [0.15, 0.2) is 6.61 Å².